The zero-order valence-electron chi connectivity index (χ0n) is 11.4. The summed E-state index contributed by atoms with van der Waals surface area (Å²) in [4.78, 5) is 0. The van der Waals surface area contributed by atoms with Crippen molar-refractivity contribution in [1.82, 2.24) is 5.32 Å². The molecule has 3 nitrogen and oxygen atoms in total. The Morgan fingerprint density at radius 3 is 2.47 bits per heavy atom. The second kappa shape index (κ2) is 6.17. The van der Waals surface area contributed by atoms with Crippen molar-refractivity contribution in [1.29, 1.82) is 0 Å². The summed E-state index contributed by atoms with van der Waals surface area (Å²) in [5.74, 6) is 0.893. The van der Waals surface area contributed by atoms with Crippen LogP contribution in [0.1, 0.15) is 46.0 Å². The van der Waals surface area contributed by atoms with Crippen molar-refractivity contribution in [2.45, 2.75) is 70.3 Å². The molecule has 0 spiro atoms. The van der Waals surface area contributed by atoms with Gasteiger partial charge < -0.3 is 14.8 Å². The van der Waals surface area contributed by atoms with Crippen LogP contribution in [-0.2, 0) is 9.47 Å². The van der Waals surface area contributed by atoms with Crippen LogP contribution >= 0.6 is 0 Å². The lowest BCUT2D eigenvalue weighted by Crippen LogP contribution is -2.60. The summed E-state index contributed by atoms with van der Waals surface area (Å²) >= 11 is 0. The smallest absolute Gasteiger partial charge is 0.0990 e. The maximum atomic E-state index is 6.21. The van der Waals surface area contributed by atoms with Gasteiger partial charge in [0.2, 0.25) is 0 Å². The first-order valence-corrected chi connectivity index (χ1v) is 7.19. The highest BCUT2D eigenvalue weighted by molar-refractivity contribution is 4.97. The third-order valence-corrected chi connectivity index (χ3v) is 4.31. The van der Waals surface area contributed by atoms with E-state index in [0.717, 1.165) is 18.9 Å². The van der Waals surface area contributed by atoms with Crippen molar-refractivity contribution in [2.75, 3.05) is 13.7 Å². The summed E-state index contributed by atoms with van der Waals surface area (Å²) in [7, 11) is 2.01. The van der Waals surface area contributed by atoms with Crippen molar-refractivity contribution in [3.05, 3.63) is 0 Å². The van der Waals surface area contributed by atoms with Gasteiger partial charge in [0.05, 0.1) is 18.3 Å². The molecule has 100 valence electrons. The summed E-state index contributed by atoms with van der Waals surface area (Å²) in [6, 6.07) is 0.488. The molecule has 0 amide bonds. The molecule has 0 aromatic rings. The van der Waals surface area contributed by atoms with Crippen LogP contribution in [0.15, 0.2) is 0 Å². The molecule has 2 rings (SSSR count). The van der Waals surface area contributed by atoms with E-state index in [1.807, 2.05) is 7.05 Å². The third kappa shape index (κ3) is 3.21. The Kier molecular flexibility index (Phi) is 4.83. The number of rotatable bonds is 5. The zero-order chi connectivity index (χ0) is 12.3. The van der Waals surface area contributed by atoms with E-state index in [2.05, 4.69) is 19.2 Å². The summed E-state index contributed by atoms with van der Waals surface area (Å²) in [5, 5.41) is 3.31. The Hall–Kier alpha value is -0.120. The van der Waals surface area contributed by atoms with Crippen molar-refractivity contribution in [3.8, 4) is 0 Å². The molecule has 3 unspecified atom stereocenters. The third-order valence-electron chi connectivity index (χ3n) is 4.31. The molecule has 0 aromatic heterocycles. The predicted octanol–water partition coefficient (Wildman–Crippen LogP) is 2.35. The fourth-order valence-corrected chi connectivity index (χ4v) is 3.03. The van der Waals surface area contributed by atoms with Gasteiger partial charge in [-0.3, -0.25) is 0 Å². The maximum Gasteiger partial charge on any atom is 0.0990 e. The van der Waals surface area contributed by atoms with Crippen LogP contribution in [0.25, 0.3) is 0 Å². The Bertz CT molecular complexity index is 226. The van der Waals surface area contributed by atoms with Crippen LogP contribution in [0.4, 0.5) is 0 Å². The molecular formula is C14H27NO2. The van der Waals surface area contributed by atoms with Gasteiger partial charge in [-0.25, -0.2) is 0 Å². The first-order valence-electron chi connectivity index (χ1n) is 7.19. The molecule has 2 aliphatic rings. The summed E-state index contributed by atoms with van der Waals surface area (Å²) in [5.41, 5.74) is 0. The van der Waals surface area contributed by atoms with E-state index in [4.69, 9.17) is 9.47 Å². The van der Waals surface area contributed by atoms with Crippen molar-refractivity contribution in [3.63, 3.8) is 0 Å². The average Bonchev–Trinajstić information content (AvgIpc) is 2.33. The van der Waals surface area contributed by atoms with E-state index in [1.54, 1.807) is 0 Å². The topological polar surface area (TPSA) is 30.5 Å². The molecule has 17 heavy (non-hydrogen) atoms. The second-order valence-corrected chi connectivity index (χ2v) is 5.61. The maximum absolute atomic E-state index is 6.21. The van der Waals surface area contributed by atoms with Crippen molar-refractivity contribution >= 4 is 0 Å². The SMILES string of the molecule is CCOC1C(NC)CC1OC1CCC(C)CC1. The van der Waals surface area contributed by atoms with Gasteiger partial charge in [0.25, 0.3) is 0 Å². The second-order valence-electron chi connectivity index (χ2n) is 5.61. The lowest BCUT2D eigenvalue weighted by molar-refractivity contribution is -0.171. The van der Waals surface area contributed by atoms with E-state index in [-0.39, 0.29) is 6.10 Å². The van der Waals surface area contributed by atoms with Gasteiger partial charge in [-0.15, -0.1) is 0 Å². The largest absolute Gasteiger partial charge is 0.374 e. The van der Waals surface area contributed by atoms with E-state index in [9.17, 15) is 0 Å². The number of hydrogen-bond acceptors (Lipinski definition) is 3. The lowest BCUT2D eigenvalue weighted by Gasteiger charge is -2.45. The van der Waals surface area contributed by atoms with Gasteiger partial charge in [-0.2, -0.15) is 0 Å². The molecule has 2 fully saturated rings. The molecule has 3 atom stereocenters. The van der Waals surface area contributed by atoms with Crippen molar-refractivity contribution in [2.24, 2.45) is 5.92 Å². The number of hydrogen-bond donors (Lipinski definition) is 1. The van der Waals surface area contributed by atoms with Gasteiger partial charge in [0.15, 0.2) is 0 Å². The van der Waals surface area contributed by atoms with Crippen LogP contribution in [0, 0.1) is 5.92 Å². The molecule has 0 bridgehead atoms. The zero-order valence-corrected chi connectivity index (χ0v) is 11.4. The Labute approximate surface area is 105 Å². The summed E-state index contributed by atoms with van der Waals surface area (Å²) in [6.07, 6.45) is 7.31. The van der Waals surface area contributed by atoms with Gasteiger partial charge >= 0.3 is 0 Å². The van der Waals surface area contributed by atoms with Gasteiger partial charge in [0, 0.05) is 12.6 Å². The van der Waals surface area contributed by atoms with Gasteiger partial charge in [-0.1, -0.05) is 6.92 Å². The first-order chi connectivity index (χ1) is 8.24. The molecule has 2 aliphatic carbocycles. The standard InChI is InChI=1S/C14H27NO2/c1-4-16-14-12(15-3)9-13(14)17-11-7-5-10(2)6-8-11/h10-15H,4-9H2,1-3H3. The van der Waals surface area contributed by atoms with E-state index < -0.39 is 0 Å². The van der Waals surface area contributed by atoms with Crippen molar-refractivity contribution < 1.29 is 9.47 Å². The normalized spacial score (nSPS) is 42.2. The molecular weight excluding hydrogens is 214 g/mol. The highest BCUT2D eigenvalue weighted by Gasteiger charge is 2.43. The lowest BCUT2D eigenvalue weighted by atomic mass is 9.84. The molecule has 2 saturated carbocycles. The monoisotopic (exact) mass is 241 g/mol. The summed E-state index contributed by atoms with van der Waals surface area (Å²) < 4.78 is 12.0. The quantitative estimate of drug-likeness (QED) is 0.801. The predicted molar refractivity (Wildman–Crippen MR) is 69.2 cm³/mol. The number of likely N-dealkylation sites (N-methyl/N-ethyl adjacent to an activating group) is 1. The Morgan fingerprint density at radius 1 is 1.18 bits per heavy atom. The Balaban J connectivity index is 1.75. The minimum atomic E-state index is 0.268. The van der Waals surface area contributed by atoms with Crippen LogP contribution < -0.4 is 5.32 Å². The molecule has 3 heteroatoms. The number of nitrogens with one attached hydrogen (secondary N) is 1. The van der Waals surface area contributed by atoms with Crippen LogP contribution in [0.2, 0.25) is 0 Å². The van der Waals surface area contributed by atoms with E-state index >= 15 is 0 Å². The van der Waals surface area contributed by atoms with E-state index in [1.165, 1.54) is 25.7 Å². The first kappa shape index (κ1) is 13.3. The fourth-order valence-electron chi connectivity index (χ4n) is 3.03. The number of ether oxygens (including phenoxy) is 2. The Morgan fingerprint density at radius 2 is 1.88 bits per heavy atom. The van der Waals surface area contributed by atoms with Crippen LogP contribution in [0.3, 0.4) is 0 Å². The van der Waals surface area contributed by atoms with Gasteiger partial charge in [0.1, 0.15) is 0 Å². The minimum Gasteiger partial charge on any atom is -0.374 e. The summed E-state index contributed by atoms with van der Waals surface area (Å²) in [6.45, 7) is 5.19. The molecule has 0 radical (unpaired) electrons. The van der Waals surface area contributed by atoms with Crippen LogP contribution in [-0.4, -0.2) is 38.0 Å². The fraction of sp³-hybridized carbons (Fsp3) is 1.00. The molecule has 0 aliphatic heterocycles. The van der Waals surface area contributed by atoms with Gasteiger partial charge in [-0.05, 0) is 52.0 Å². The van der Waals surface area contributed by atoms with Crippen LogP contribution in [0.5, 0.6) is 0 Å². The minimum absolute atomic E-state index is 0.268. The van der Waals surface area contributed by atoms with E-state index in [0.29, 0.717) is 18.2 Å². The molecule has 0 aromatic carbocycles. The average molecular weight is 241 g/mol. The highest BCUT2D eigenvalue weighted by atomic mass is 16.6. The molecule has 1 N–H and O–H groups in total. The molecule has 0 saturated heterocycles. The molecule has 0 heterocycles. The highest BCUT2D eigenvalue weighted by Crippen LogP contribution is 2.33.